The molecule has 0 aromatic heterocycles. The Labute approximate surface area is 121 Å². The van der Waals surface area contributed by atoms with Gasteiger partial charge in [0.05, 0.1) is 6.61 Å². The molecule has 0 heterocycles. The average molecular weight is 292 g/mol. The first-order valence-corrected chi connectivity index (χ1v) is 8.67. The summed E-state index contributed by atoms with van der Waals surface area (Å²) in [6.45, 7) is 17.4. The van der Waals surface area contributed by atoms with Gasteiger partial charge in [0.1, 0.15) is 6.73 Å². The predicted octanol–water partition coefficient (Wildman–Crippen LogP) is 3.98. The smallest absolute Gasteiger partial charge is 0.187 e. The van der Waals surface area contributed by atoms with Gasteiger partial charge in [-0.05, 0) is 40.5 Å². The van der Waals surface area contributed by atoms with Gasteiger partial charge in [-0.2, -0.15) is 0 Å². The van der Waals surface area contributed by atoms with E-state index in [0.717, 1.165) is 19.6 Å². The van der Waals surface area contributed by atoms with E-state index in [-0.39, 0.29) is 0 Å². The second kappa shape index (κ2) is 11.0. The molecular weight excluding hydrogens is 259 g/mol. The molecule has 0 aromatic rings. The first-order valence-electron chi connectivity index (χ1n) is 7.46. The fraction of sp³-hybridized carbons (Fsp3) is 1.00. The molecule has 0 bridgehead atoms. The van der Waals surface area contributed by atoms with Crippen LogP contribution in [0.5, 0.6) is 0 Å². The third kappa shape index (κ3) is 8.21. The van der Waals surface area contributed by atoms with E-state index in [1.54, 1.807) is 0 Å². The molecule has 0 aliphatic heterocycles. The Morgan fingerprint density at radius 3 is 2.05 bits per heavy atom. The summed E-state index contributed by atoms with van der Waals surface area (Å²) < 4.78 is 13.9. The maximum Gasteiger partial charge on any atom is 0.187 e. The number of rotatable bonds is 11. The van der Waals surface area contributed by atoms with E-state index >= 15 is 0 Å². The monoisotopic (exact) mass is 292 g/mol. The van der Waals surface area contributed by atoms with Crippen molar-refractivity contribution in [2.45, 2.75) is 67.0 Å². The highest BCUT2D eigenvalue weighted by Crippen LogP contribution is 2.41. The fourth-order valence-electron chi connectivity index (χ4n) is 1.73. The van der Waals surface area contributed by atoms with E-state index < -0.39 is 8.45 Å². The molecule has 0 fully saturated rings. The van der Waals surface area contributed by atoms with Crippen LogP contribution in [0.3, 0.4) is 0 Å². The topological polar surface area (TPSA) is 33.7 Å². The Morgan fingerprint density at radius 2 is 1.63 bits per heavy atom. The van der Waals surface area contributed by atoms with Crippen LogP contribution in [0.2, 0.25) is 0 Å². The molecule has 0 aliphatic carbocycles. The Balaban J connectivity index is 4.52. The SMILES string of the molecule is CCOCNP(OC[C@H](C)CC)N(C(C)C)C(C)C. The quantitative estimate of drug-likeness (QED) is 0.355. The molecule has 5 heteroatoms. The van der Waals surface area contributed by atoms with Gasteiger partial charge in [-0.3, -0.25) is 0 Å². The highest BCUT2D eigenvalue weighted by molar-refractivity contribution is 7.47. The van der Waals surface area contributed by atoms with Crippen molar-refractivity contribution in [1.29, 1.82) is 0 Å². The zero-order valence-electron chi connectivity index (χ0n) is 13.8. The second-order valence-corrected chi connectivity index (χ2v) is 7.03. The average Bonchev–Trinajstić information content (AvgIpc) is 2.34. The van der Waals surface area contributed by atoms with Gasteiger partial charge in [-0.15, -0.1) is 0 Å². The Kier molecular flexibility index (Phi) is 11.1. The predicted molar refractivity (Wildman–Crippen MR) is 84.1 cm³/mol. The van der Waals surface area contributed by atoms with Gasteiger partial charge >= 0.3 is 0 Å². The molecule has 0 saturated heterocycles. The molecule has 0 radical (unpaired) electrons. The summed E-state index contributed by atoms with van der Waals surface area (Å²) in [6, 6.07) is 0.911. The highest BCUT2D eigenvalue weighted by Gasteiger charge is 2.25. The van der Waals surface area contributed by atoms with Crippen molar-refractivity contribution in [1.82, 2.24) is 9.76 Å². The molecule has 19 heavy (non-hydrogen) atoms. The van der Waals surface area contributed by atoms with Crippen molar-refractivity contribution in [2.24, 2.45) is 5.92 Å². The van der Waals surface area contributed by atoms with Crippen molar-refractivity contribution < 1.29 is 9.26 Å². The zero-order chi connectivity index (χ0) is 14.8. The summed E-state index contributed by atoms with van der Waals surface area (Å²) in [5.41, 5.74) is 0. The number of hydrogen-bond acceptors (Lipinski definition) is 4. The maximum atomic E-state index is 6.13. The van der Waals surface area contributed by atoms with Crippen molar-refractivity contribution in [3.63, 3.8) is 0 Å². The van der Waals surface area contributed by atoms with E-state index in [1.165, 1.54) is 0 Å². The standard InChI is InChI=1S/C14H33N2O2P/c1-8-14(7)10-18-19(15-11-17-9-2)16(12(3)4)13(5)6/h12-15H,8-11H2,1-7H3/t14-,19?/m1/s1. The third-order valence-corrected chi connectivity index (χ3v) is 5.09. The molecule has 1 N–H and O–H groups in total. The molecule has 0 spiro atoms. The van der Waals surface area contributed by atoms with Crippen molar-refractivity contribution >= 4 is 8.45 Å². The molecule has 4 nitrogen and oxygen atoms in total. The molecule has 0 aromatic carbocycles. The number of ether oxygens (including phenoxy) is 1. The lowest BCUT2D eigenvalue weighted by Crippen LogP contribution is -2.37. The van der Waals surface area contributed by atoms with Gasteiger partial charge in [0.15, 0.2) is 8.45 Å². The van der Waals surface area contributed by atoms with Crippen LogP contribution >= 0.6 is 8.45 Å². The van der Waals surface area contributed by atoms with Crippen LogP contribution in [0.25, 0.3) is 0 Å². The van der Waals surface area contributed by atoms with E-state index in [2.05, 4.69) is 51.3 Å². The molecule has 116 valence electrons. The molecule has 1 unspecified atom stereocenters. The minimum absolute atomic E-state index is 0.456. The molecular formula is C14H33N2O2P. The molecule has 0 amide bonds. The maximum absolute atomic E-state index is 6.13. The first-order chi connectivity index (χ1) is 8.93. The number of hydrogen-bond donors (Lipinski definition) is 1. The summed E-state index contributed by atoms with van der Waals surface area (Å²) in [7, 11) is -0.794. The highest BCUT2D eigenvalue weighted by atomic mass is 31.2. The van der Waals surface area contributed by atoms with Crippen LogP contribution in [-0.2, 0) is 9.26 Å². The minimum Gasteiger partial charge on any atom is -0.366 e. The Bertz CT molecular complexity index is 208. The lowest BCUT2D eigenvalue weighted by Gasteiger charge is -2.37. The lowest BCUT2D eigenvalue weighted by molar-refractivity contribution is 0.135. The first kappa shape index (κ1) is 19.3. The van der Waals surface area contributed by atoms with Crippen molar-refractivity contribution in [3.8, 4) is 0 Å². The third-order valence-electron chi connectivity index (χ3n) is 2.95. The minimum atomic E-state index is -0.794. The van der Waals surface area contributed by atoms with Crippen LogP contribution in [0.1, 0.15) is 54.9 Å². The van der Waals surface area contributed by atoms with Crippen LogP contribution < -0.4 is 5.09 Å². The van der Waals surface area contributed by atoms with Gasteiger partial charge in [-0.1, -0.05) is 20.3 Å². The van der Waals surface area contributed by atoms with Gasteiger partial charge in [-0.25, -0.2) is 9.76 Å². The molecule has 0 saturated carbocycles. The van der Waals surface area contributed by atoms with E-state index in [1.807, 2.05) is 6.92 Å². The number of nitrogens with zero attached hydrogens (tertiary/aromatic N) is 1. The summed E-state index contributed by atoms with van der Waals surface area (Å²) in [5, 5.41) is 3.41. The van der Waals surface area contributed by atoms with Gasteiger partial charge in [0.25, 0.3) is 0 Å². The van der Waals surface area contributed by atoms with Crippen LogP contribution in [0.4, 0.5) is 0 Å². The Morgan fingerprint density at radius 1 is 1.05 bits per heavy atom. The van der Waals surface area contributed by atoms with Gasteiger partial charge in [0, 0.05) is 18.7 Å². The van der Waals surface area contributed by atoms with Crippen LogP contribution in [0.15, 0.2) is 0 Å². The fourth-order valence-corrected chi connectivity index (χ4v) is 3.55. The van der Waals surface area contributed by atoms with Gasteiger partial charge in [0.2, 0.25) is 0 Å². The van der Waals surface area contributed by atoms with E-state index in [9.17, 15) is 0 Å². The van der Waals surface area contributed by atoms with Crippen molar-refractivity contribution in [3.05, 3.63) is 0 Å². The summed E-state index contributed by atoms with van der Waals surface area (Å²) in [6.07, 6.45) is 1.15. The Hall–Kier alpha value is 0.270. The van der Waals surface area contributed by atoms with E-state index in [0.29, 0.717) is 24.7 Å². The normalized spacial score (nSPS) is 15.5. The summed E-state index contributed by atoms with van der Waals surface area (Å²) >= 11 is 0. The van der Waals surface area contributed by atoms with Crippen LogP contribution in [0, 0.1) is 5.92 Å². The van der Waals surface area contributed by atoms with E-state index in [4.69, 9.17) is 9.26 Å². The lowest BCUT2D eigenvalue weighted by atomic mass is 10.1. The summed E-state index contributed by atoms with van der Waals surface area (Å²) in [5.74, 6) is 0.597. The summed E-state index contributed by atoms with van der Waals surface area (Å²) in [4.78, 5) is 0. The molecule has 0 aliphatic rings. The largest absolute Gasteiger partial charge is 0.366 e. The molecule has 2 atom stereocenters. The zero-order valence-corrected chi connectivity index (χ0v) is 14.7. The van der Waals surface area contributed by atoms with Gasteiger partial charge < -0.3 is 9.26 Å². The van der Waals surface area contributed by atoms with Crippen LogP contribution in [-0.4, -0.2) is 36.7 Å². The van der Waals surface area contributed by atoms with Crippen molar-refractivity contribution in [2.75, 3.05) is 19.9 Å². The molecule has 0 rings (SSSR count). The second-order valence-electron chi connectivity index (χ2n) is 5.44. The number of nitrogens with one attached hydrogen (secondary N) is 1.